The first-order valence-electron chi connectivity index (χ1n) is 2.21. The fourth-order valence-electron chi connectivity index (χ4n) is 0.435. The van der Waals surface area contributed by atoms with Crippen molar-refractivity contribution >= 4 is 24.2 Å². The minimum atomic E-state index is 0. The van der Waals surface area contributed by atoms with Gasteiger partial charge < -0.3 is 12.6 Å². The molecule has 0 aliphatic carbocycles. The molecule has 9 heavy (non-hydrogen) atoms. The molecule has 0 heterocycles. The van der Waals surface area contributed by atoms with Crippen molar-refractivity contribution < 1.29 is 51.4 Å². The van der Waals surface area contributed by atoms with Crippen molar-refractivity contribution in [2.45, 2.75) is 4.90 Å². The average Bonchev–Trinajstić information content (AvgIpc) is 1.77. The van der Waals surface area contributed by atoms with Gasteiger partial charge in [-0.15, -0.1) is 0 Å². The van der Waals surface area contributed by atoms with Gasteiger partial charge in [0, 0.05) is 5.02 Å². The molecule has 0 aromatic heterocycles. The van der Waals surface area contributed by atoms with E-state index in [0.29, 0.717) is 0 Å². The first kappa shape index (κ1) is 10.4. The van der Waals surface area contributed by atoms with Crippen LogP contribution in [0.4, 0.5) is 0 Å². The van der Waals surface area contributed by atoms with E-state index in [2.05, 4.69) is 0 Å². The molecule has 0 atom stereocenters. The summed E-state index contributed by atoms with van der Waals surface area (Å²) in [5, 5.41) is 0.735. The molecular weight excluding hydrogens is 179 g/mol. The normalized spacial score (nSPS) is 8.11. The number of hydrogen-bond donors (Lipinski definition) is 0. The molecule has 42 valence electrons. The molecule has 0 aliphatic heterocycles. The van der Waals surface area contributed by atoms with Crippen molar-refractivity contribution in [1.29, 1.82) is 0 Å². The van der Waals surface area contributed by atoms with Crippen molar-refractivity contribution in [3.05, 3.63) is 29.3 Å². The Morgan fingerprint density at radius 2 is 1.56 bits per heavy atom. The Balaban J connectivity index is 0.000000640. The maximum Gasteiger partial charge on any atom is 1.00 e. The van der Waals surface area contributed by atoms with Crippen molar-refractivity contribution in [3.8, 4) is 0 Å². The van der Waals surface area contributed by atoms with E-state index in [4.69, 9.17) is 24.2 Å². The van der Waals surface area contributed by atoms with Gasteiger partial charge in [0.1, 0.15) is 0 Å². The van der Waals surface area contributed by atoms with Crippen LogP contribution < -0.4 is 51.4 Å². The van der Waals surface area contributed by atoms with Gasteiger partial charge >= 0.3 is 51.4 Å². The number of halogens is 1. The minimum Gasteiger partial charge on any atom is -0.780 e. The summed E-state index contributed by atoms with van der Waals surface area (Å²) in [6.07, 6.45) is 0. The summed E-state index contributed by atoms with van der Waals surface area (Å²) in [7, 11) is 0. The molecular formula is C6H4ClKS. The smallest absolute Gasteiger partial charge is 0.780 e. The zero-order chi connectivity index (χ0) is 5.98. The molecule has 3 heteroatoms. The molecule has 0 saturated heterocycles. The third-order valence-electron chi connectivity index (χ3n) is 0.814. The molecule has 0 N–H and O–H groups in total. The quantitative estimate of drug-likeness (QED) is 0.376. The SMILES string of the molecule is [K+].[S-]c1ccc(Cl)cc1. The van der Waals surface area contributed by atoms with Gasteiger partial charge in [-0.3, -0.25) is 0 Å². The van der Waals surface area contributed by atoms with Crippen LogP contribution in [0, 0.1) is 0 Å². The summed E-state index contributed by atoms with van der Waals surface area (Å²) in [5.74, 6) is 0. The standard InChI is InChI=1S/C6H5ClS.K/c7-5-1-3-6(8)4-2-5;/h1-4,8H;/q;+1/p-1. The Labute approximate surface area is 108 Å². The van der Waals surface area contributed by atoms with Crippen LogP contribution >= 0.6 is 11.6 Å². The molecule has 1 aromatic carbocycles. The van der Waals surface area contributed by atoms with Gasteiger partial charge in [-0.05, 0) is 12.1 Å². The first-order chi connectivity index (χ1) is 3.79. The Hall–Kier alpha value is 1.37. The van der Waals surface area contributed by atoms with Crippen LogP contribution in [0.3, 0.4) is 0 Å². The van der Waals surface area contributed by atoms with Crippen LogP contribution in [0.5, 0.6) is 0 Å². The van der Waals surface area contributed by atoms with Crippen LogP contribution in [-0.2, 0) is 12.6 Å². The first-order valence-corrected chi connectivity index (χ1v) is 3.00. The molecule has 0 radical (unpaired) electrons. The molecule has 1 aromatic rings. The molecule has 0 aliphatic rings. The predicted octanol–water partition coefficient (Wildman–Crippen LogP) is -0.750. The van der Waals surface area contributed by atoms with Gasteiger partial charge in [0.15, 0.2) is 0 Å². The summed E-state index contributed by atoms with van der Waals surface area (Å²) in [4.78, 5) is 0.828. The fourth-order valence-corrected chi connectivity index (χ4v) is 0.697. The van der Waals surface area contributed by atoms with Crippen LogP contribution in [0.15, 0.2) is 29.2 Å². The van der Waals surface area contributed by atoms with E-state index in [0.717, 1.165) is 9.92 Å². The largest absolute Gasteiger partial charge is 1.00 e. The van der Waals surface area contributed by atoms with E-state index in [1.165, 1.54) is 0 Å². The summed E-state index contributed by atoms with van der Waals surface area (Å²) in [6, 6.07) is 7.17. The van der Waals surface area contributed by atoms with E-state index in [-0.39, 0.29) is 51.4 Å². The second-order valence-electron chi connectivity index (χ2n) is 1.45. The van der Waals surface area contributed by atoms with Gasteiger partial charge in [0.05, 0.1) is 0 Å². The van der Waals surface area contributed by atoms with Crippen LogP contribution in [0.1, 0.15) is 0 Å². The van der Waals surface area contributed by atoms with Crippen LogP contribution in [0.2, 0.25) is 5.02 Å². The van der Waals surface area contributed by atoms with Crippen molar-refractivity contribution in [2.24, 2.45) is 0 Å². The number of benzene rings is 1. The van der Waals surface area contributed by atoms with E-state index < -0.39 is 0 Å². The Morgan fingerprint density at radius 1 is 1.11 bits per heavy atom. The maximum atomic E-state index is 5.57. The van der Waals surface area contributed by atoms with E-state index in [1.54, 1.807) is 24.3 Å². The molecule has 0 bridgehead atoms. The van der Waals surface area contributed by atoms with Crippen molar-refractivity contribution in [1.82, 2.24) is 0 Å². The second kappa shape index (κ2) is 5.07. The Kier molecular flexibility index (Phi) is 5.85. The molecule has 1 rings (SSSR count). The van der Waals surface area contributed by atoms with Gasteiger partial charge in [-0.25, -0.2) is 0 Å². The second-order valence-corrected chi connectivity index (χ2v) is 2.36. The van der Waals surface area contributed by atoms with Gasteiger partial charge in [0.2, 0.25) is 0 Å². The summed E-state index contributed by atoms with van der Waals surface area (Å²) in [6.45, 7) is 0. The fraction of sp³-hybridized carbons (Fsp3) is 0. The number of rotatable bonds is 0. The minimum absolute atomic E-state index is 0. The van der Waals surface area contributed by atoms with Gasteiger partial charge in [-0.1, -0.05) is 23.7 Å². The summed E-state index contributed by atoms with van der Waals surface area (Å²) >= 11 is 10.4. The Bertz CT molecular complexity index is 152. The average molecular weight is 183 g/mol. The van der Waals surface area contributed by atoms with Crippen LogP contribution in [0.25, 0.3) is 0 Å². The monoisotopic (exact) mass is 182 g/mol. The molecule has 0 amide bonds. The molecule has 0 spiro atoms. The maximum absolute atomic E-state index is 5.57. The van der Waals surface area contributed by atoms with Crippen LogP contribution in [-0.4, -0.2) is 0 Å². The van der Waals surface area contributed by atoms with E-state index >= 15 is 0 Å². The van der Waals surface area contributed by atoms with E-state index in [9.17, 15) is 0 Å². The zero-order valence-corrected chi connectivity index (χ0v) is 9.79. The molecule has 0 fully saturated rings. The summed E-state index contributed by atoms with van der Waals surface area (Å²) in [5.41, 5.74) is 0. The molecule has 0 saturated carbocycles. The third kappa shape index (κ3) is 3.93. The van der Waals surface area contributed by atoms with E-state index in [1.807, 2.05) is 0 Å². The Morgan fingerprint density at radius 3 is 1.89 bits per heavy atom. The molecule has 0 nitrogen and oxygen atoms in total. The third-order valence-corrected chi connectivity index (χ3v) is 1.34. The number of hydrogen-bond acceptors (Lipinski definition) is 1. The van der Waals surface area contributed by atoms with Crippen molar-refractivity contribution in [3.63, 3.8) is 0 Å². The van der Waals surface area contributed by atoms with Gasteiger partial charge in [-0.2, -0.15) is 4.90 Å². The zero-order valence-electron chi connectivity index (χ0n) is 5.10. The summed E-state index contributed by atoms with van der Waals surface area (Å²) < 4.78 is 0. The van der Waals surface area contributed by atoms with Crippen molar-refractivity contribution in [2.75, 3.05) is 0 Å². The van der Waals surface area contributed by atoms with Gasteiger partial charge in [0.25, 0.3) is 0 Å². The molecule has 0 unspecified atom stereocenters. The topological polar surface area (TPSA) is 0 Å². The predicted molar refractivity (Wildman–Crippen MR) is 37.1 cm³/mol.